The number of nitrogens with zero attached hydrogens (tertiary/aromatic N) is 3. The van der Waals surface area contributed by atoms with E-state index in [4.69, 9.17) is 0 Å². The third-order valence-corrected chi connectivity index (χ3v) is 5.04. The number of nitro benzene ring substituents is 1. The van der Waals surface area contributed by atoms with Gasteiger partial charge in [-0.1, -0.05) is 6.07 Å². The van der Waals surface area contributed by atoms with Gasteiger partial charge in [-0.05, 0) is 36.8 Å². The first-order valence-electron chi connectivity index (χ1n) is 9.43. The molecular weight excluding hydrogens is 420 g/mol. The largest absolute Gasteiger partial charge is 0.416 e. The summed E-state index contributed by atoms with van der Waals surface area (Å²) in [6, 6.07) is 6.85. The number of carbonyl (C=O) groups is 1. The lowest BCUT2D eigenvalue weighted by atomic mass is 10.1. The fourth-order valence-corrected chi connectivity index (χ4v) is 3.33. The maximum Gasteiger partial charge on any atom is 0.416 e. The zero-order valence-corrected chi connectivity index (χ0v) is 16.6. The number of benzene rings is 2. The van der Waals surface area contributed by atoms with Gasteiger partial charge in [0.25, 0.3) is 5.69 Å². The summed E-state index contributed by atoms with van der Waals surface area (Å²) in [6.45, 7) is 3.03. The van der Waals surface area contributed by atoms with Gasteiger partial charge in [-0.2, -0.15) is 13.2 Å². The van der Waals surface area contributed by atoms with Crippen molar-refractivity contribution in [1.82, 2.24) is 4.90 Å². The molecule has 1 amide bonds. The molecule has 0 unspecified atom stereocenters. The standard InChI is InChI=1S/C20H20F4N4O3/c1-13-2-4-15(11-16(13)21)25-19(29)12-26-6-8-27(9-7-26)17-5-3-14(20(22,23)24)10-18(17)28(30)31/h2-5,10-11H,6-9,12H2,1H3,(H,25,29). The van der Waals surface area contributed by atoms with E-state index in [-0.39, 0.29) is 18.1 Å². The van der Waals surface area contributed by atoms with Crippen molar-refractivity contribution in [2.45, 2.75) is 13.1 Å². The highest BCUT2D eigenvalue weighted by atomic mass is 19.4. The Kier molecular flexibility index (Phi) is 6.44. The van der Waals surface area contributed by atoms with Gasteiger partial charge in [0, 0.05) is 37.9 Å². The number of carbonyl (C=O) groups excluding carboxylic acids is 1. The number of anilines is 2. The summed E-state index contributed by atoms with van der Waals surface area (Å²) >= 11 is 0. The van der Waals surface area contributed by atoms with Crippen LogP contribution in [0.5, 0.6) is 0 Å². The number of piperazine rings is 1. The molecule has 0 aliphatic carbocycles. The number of hydrogen-bond acceptors (Lipinski definition) is 5. The van der Waals surface area contributed by atoms with Crippen molar-refractivity contribution in [1.29, 1.82) is 0 Å². The average molecular weight is 440 g/mol. The Labute approximate surface area is 175 Å². The number of nitrogens with one attached hydrogen (secondary N) is 1. The third kappa shape index (κ3) is 5.48. The Morgan fingerprint density at radius 2 is 1.81 bits per heavy atom. The second-order valence-corrected chi connectivity index (χ2v) is 7.23. The smallest absolute Gasteiger partial charge is 0.363 e. The molecule has 31 heavy (non-hydrogen) atoms. The van der Waals surface area contributed by atoms with E-state index in [1.165, 1.54) is 6.07 Å². The van der Waals surface area contributed by atoms with Crippen molar-refractivity contribution in [3.8, 4) is 0 Å². The van der Waals surface area contributed by atoms with Crippen molar-refractivity contribution < 1.29 is 27.3 Å². The number of amides is 1. The SMILES string of the molecule is Cc1ccc(NC(=O)CN2CCN(c3ccc(C(F)(F)F)cc3[N+](=O)[O-])CC2)cc1F. The lowest BCUT2D eigenvalue weighted by Crippen LogP contribution is -2.48. The number of halogens is 4. The summed E-state index contributed by atoms with van der Waals surface area (Å²) in [6.07, 6.45) is -4.67. The van der Waals surface area contributed by atoms with Gasteiger partial charge in [0.1, 0.15) is 11.5 Å². The van der Waals surface area contributed by atoms with E-state index in [9.17, 15) is 32.5 Å². The molecule has 1 fully saturated rings. The van der Waals surface area contributed by atoms with Gasteiger partial charge in [-0.3, -0.25) is 19.8 Å². The first-order chi connectivity index (χ1) is 14.5. The van der Waals surface area contributed by atoms with Crippen LogP contribution in [-0.2, 0) is 11.0 Å². The number of nitro groups is 1. The maximum absolute atomic E-state index is 13.6. The fourth-order valence-electron chi connectivity index (χ4n) is 3.33. The lowest BCUT2D eigenvalue weighted by molar-refractivity contribution is -0.384. The van der Waals surface area contributed by atoms with Gasteiger partial charge in [0.2, 0.25) is 5.91 Å². The van der Waals surface area contributed by atoms with Crippen LogP contribution < -0.4 is 10.2 Å². The van der Waals surface area contributed by atoms with Gasteiger partial charge in [0.15, 0.2) is 0 Å². The van der Waals surface area contributed by atoms with E-state index < -0.39 is 28.2 Å². The van der Waals surface area contributed by atoms with E-state index in [1.54, 1.807) is 24.0 Å². The zero-order valence-electron chi connectivity index (χ0n) is 16.6. The van der Waals surface area contributed by atoms with Crippen molar-refractivity contribution in [3.05, 3.63) is 63.5 Å². The molecule has 0 spiro atoms. The molecule has 1 aliphatic heterocycles. The maximum atomic E-state index is 13.6. The van der Waals surface area contributed by atoms with E-state index in [0.29, 0.717) is 43.5 Å². The van der Waals surface area contributed by atoms with E-state index in [1.807, 2.05) is 4.90 Å². The van der Waals surface area contributed by atoms with Gasteiger partial charge in [-0.25, -0.2) is 4.39 Å². The molecule has 0 bridgehead atoms. The van der Waals surface area contributed by atoms with Crippen LogP contribution in [0.1, 0.15) is 11.1 Å². The summed E-state index contributed by atoms with van der Waals surface area (Å²) < 4.78 is 52.2. The predicted octanol–water partition coefficient (Wildman–Crippen LogP) is 3.82. The quantitative estimate of drug-likeness (QED) is 0.435. The number of rotatable bonds is 5. The van der Waals surface area contributed by atoms with Crippen LogP contribution in [0.25, 0.3) is 0 Å². The monoisotopic (exact) mass is 440 g/mol. The number of aryl methyl sites for hydroxylation is 1. The highest BCUT2D eigenvalue weighted by Gasteiger charge is 2.34. The molecule has 0 aromatic heterocycles. The topological polar surface area (TPSA) is 78.7 Å². The molecule has 2 aromatic carbocycles. The second-order valence-electron chi connectivity index (χ2n) is 7.23. The molecule has 2 aromatic rings. The predicted molar refractivity (Wildman–Crippen MR) is 107 cm³/mol. The molecule has 166 valence electrons. The van der Waals surface area contributed by atoms with Crippen LogP contribution in [0.2, 0.25) is 0 Å². The molecule has 0 radical (unpaired) electrons. The molecule has 0 saturated carbocycles. The van der Waals surface area contributed by atoms with Gasteiger partial charge >= 0.3 is 6.18 Å². The minimum Gasteiger partial charge on any atom is -0.363 e. The van der Waals surface area contributed by atoms with Crippen LogP contribution in [0.3, 0.4) is 0 Å². The second kappa shape index (κ2) is 8.88. The van der Waals surface area contributed by atoms with Crippen molar-refractivity contribution >= 4 is 23.0 Å². The number of alkyl halides is 3. The Balaban J connectivity index is 1.61. The zero-order chi connectivity index (χ0) is 22.8. The average Bonchev–Trinajstić information content (AvgIpc) is 2.70. The molecule has 1 saturated heterocycles. The van der Waals surface area contributed by atoms with E-state index in [0.717, 1.165) is 12.1 Å². The Hall–Kier alpha value is -3.21. The molecule has 11 heteroatoms. The van der Waals surface area contributed by atoms with Crippen LogP contribution in [-0.4, -0.2) is 48.5 Å². The first kappa shape index (κ1) is 22.5. The fraction of sp³-hybridized carbons (Fsp3) is 0.350. The van der Waals surface area contributed by atoms with Crippen molar-refractivity contribution in [3.63, 3.8) is 0 Å². The van der Waals surface area contributed by atoms with Crippen molar-refractivity contribution in [2.75, 3.05) is 42.9 Å². The summed E-state index contributed by atoms with van der Waals surface area (Å²) in [4.78, 5) is 26.1. The van der Waals surface area contributed by atoms with Gasteiger partial charge in [-0.15, -0.1) is 0 Å². The van der Waals surface area contributed by atoms with Crippen LogP contribution in [0.15, 0.2) is 36.4 Å². The molecule has 7 nitrogen and oxygen atoms in total. The molecule has 1 N–H and O–H groups in total. The summed E-state index contributed by atoms with van der Waals surface area (Å²) in [5.74, 6) is -0.762. The van der Waals surface area contributed by atoms with Crippen LogP contribution in [0, 0.1) is 22.9 Å². The molecule has 1 heterocycles. The minimum absolute atomic E-state index is 0.0401. The Morgan fingerprint density at radius 1 is 1.13 bits per heavy atom. The number of hydrogen-bond donors (Lipinski definition) is 1. The first-order valence-corrected chi connectivity index (χ1v) is 9.43. The summed E-state index contributed by atoms with van der Waals surface area (Å²) in [7, 11) is 0. The normalized spacial score (nSPS) is 15.1. The summed E-state index contributed by atoms with van der Waals surface area (Å²) in [5.41, 5.74) is -0.774. The Bertz CT molecular complexity index is 989. The van der Waals surface area contributed by atoms with E-state index in [2.05, 4.69) is 5.32 Å². The lowest BCUT2D eigenvalue weighted by Gasteiger charge is -2.35. The van der Waals surface area contributed by atoms with Crippen LogP contribution >= 0.6 is 0 Å². The molecule has 0 atom stereocenters. The molecule has 3 rings (SSSR count). The van der Waals surface area contributed by atoms with E-state index >= 15 is 0 Å². The van der Waals surface area contributed by atoms with Crippen molar-refractivity contribution in [2.24, 2.45) is 0 Å². The third-order valence-electron chi connectivity index (χ3n) is 5.04. The van der Waals surface area contributed by atoms with Crippen LogP contribution in [0.4, 0.5) is 34.6 Å². The summed E-state index contributed by atoms with van der Waals surface area (Å²) in [5, 5.41) is 13.9. The van der Waals surface area contributed by atoms with Gasteiger partial charge in [0.05, 0.1) is 17.0 Å². The highest BCUT2D eigenvalue weighted by Crippen LogP contribution is 2.36. The Morgan fingerprint density at radius 3 is 2.39 bits per heavy atom. The highest BCUT2D eigenvalue weighted by molar-refractivity contribution is 5.92. The molecular formula is C20H20F4N4O3. The van der Waals surface area contributed by atoms with Gasteiger partial charge < -0.3 is 10.2 Å². The minimum atomic E-state index is -4.67. The molecule has 1 aliphatic rings.